The third-order valence-corrected chi connectivity index (χ3v) is 3.81. The maximum absolute atomic E-state index is 12.3. The normalized spacial score (nSPS) is 14.0. The monoisotopic (exact) mass is 340 g/mol. The summed E-state index contributed by atoms with van der Waals surface area (Å²) in [4.78, 5) is 30.0. The molecule has 1 aliphatic rings. The van der Waals surface area contributed by atoms with Crippen molar-refractivity contribution < 1.29 is 14.3 Å². The number of aromatic nitrogens is 1. The molecular weight excluding hydrogens is 320 g/mol. The highest BCUT2D eigenvalue weighted by Gasteiger charge is 2.12. The van der Waals surface area contributed by atoms with Crippen LogP contribution in [0, 0.1) is 0 Å². The molecular formula is C18H20N4O3. The van der Waals surface area contributed by atoms with Gasteiger partial charge in [0.25, 0.3) is 5.91 Å². The number of rotatable bonds is 4. The number of nitrogens with zero attached hydrogens (tertiary/aromatic N) is 2. The number of hydrogen-bond donors (Lipinski definition) is 2. The van der Waals surface area contributed by atoms with E-state index in [1.54, 1.807) is 36.5 Å². The lowest BCUT2D eigenvalue weighted by Gasteiger charge is -2.28. The fraction of sp³-hybridized carbons (Fsp3) is 0.278. The third kappa shape index (κ3) is 4.54. The molecule has 2 aromatic rings. The van der Waals surface area contributed by atoms with Crippen LogP contribution in [0.15, 0.2) is 42.6 Å². The number of ether oxygens (including phenoxy) is 1. The van der Waals surface area contributed by atoms with Crippen LogP contribution in [-0.2, 0) is 9.53 Å². The molecule has 1 aliphatic heterocycles. The van der Waals surface area contributed by atoms with Crippen molar-refractivity contribution in [1.82, 2.24) is 4.98 Å². The molecule has 0 atom stereocenters. The standard InChI is InChI=1S/C18H20N4O3/c1-13(23)20-15-4-2-3-14(11-15)18(24)21-17-6-5-16(12-19-17)22-7-9-25-10-8-22/h2-6,11-12H,7-10H2,1H3,(H,20,23)(H,19,21,24). The Morgan fingerprint density at radius 3 is 2.60 bits per heavy atom. The van der Waals surface area contributed by atoms with Crippen LogP contribution < -0.4 is 15.5 Å². The second-order valence-electron chi connectivity index (χ2n) is 5.72. The van der Waals surface area contributed by atoms with Gasteiger partial charge in [0.15, 0.2) is 0 Å². The van der Waals surface area contributed by atoms with E-state index in [-0.39, 0.29) is 11.8 Å². The molecule has 0 spiro atoms. The van der Waals surface area contributed by atoms with Crippen LogP contribution in [0.5, 0.6) is 0 Å². The van der Waals surface area contributed by atoms with Crippen molar-refractivity contribution in [2.75, 3.05) is 41.8 Å². The lowest BCUT2D eigenvalue weighted by atomic mass is 10.2. The predicted molar refractivity (Wildman–Crippen MR) is 96.0 cm³/mol. The zero-order valence-electron chi connectivity index (χ0n) is 14.0. The first kappa shape index (κ1) is 16.9. The van der Waals surface area contributed by atoms with Crippen LogP contribution in [0.25, 0.3) is 0 Å². The molecule has 2 amide bonds. The van der Waals surface area contributed by atoms with Crippen LogP contribution >= 0.6 is 0 Å². The van der Waals surface area contributed by atoms with E-state index in [0.29, 0.717) is 30.3 Å². The van der Waals surface area contributed by atoms with E-state index in [2.05, 4.69) is 20.5 Å². The predicted octanol–water partition coefficient (Wildman–Crippen LogP) is 2.13. The Morgan fingerprint density at radius 2 is 1.92 bits per heavy atom. The van der Waals surface area contributed by atoms with Crippen LogP contribution in [-0.4, -0.2) is 43.1 Å². The van der Waals surface area contributed by atoms with Crippen LogP contribution in [0.3, 0.4) is 0 Å². The smallest absolute Gasteiger partial charge is 0.256 e. The molecule has 2 N–H and O–H groups in total. The molecule has 0 unspecified atom stereocenters. The van der Waals surface area contributed by atoms with Gasteiger partial charge >= 0.3 is 0 Å². The second kappa shape index (κ2) is 7.76. The number of carbonyl (C=O) groups excluding carboxylic acids is 2. The summed E-state index contributed by atoms with van der Waals surface area (Å²) in [5.74, 6) is 0.0173. The van der Waals surface area contributed by atoms with Crippen LogP contribution in [0.4, 0.5) is 17.2 Å². The summed E-state index contributed by atoms with van der Waals surface area (Å²) in [6, 6.07) is 10.5. The number of amides is 2. The summed E-state index contributed by atoms with van der Waals surface area (Å²) in [5.41, 5.74) is 2.04. The van der Waals surface area contributed by atoms with Crippen molar-refractivity contribution in [3.8, 4) is 0 Å². The molecule has 1 saturated heterocycles. The highest BCUT2D eigenvalue weighted by molar-refractivity contribution is 6.04. The first-order valence-electron chi connectivity index (χ1n) is 8.09. The maximum atomic E-state index is 12.3. The maximum Gasteiger partial charge on any atom is 0.256 e. The first-order valence-corrected chi connectivity index (χ1v) is 8.09. The quantitative estimate of drug-likeness (QED) is 0.891. The number of morpholine rings is 1. The van der Waals surface area contributed by atoms with Crippen molar-refractivity contribution in [3.05, 3.63) is 48.2 Å². The number of carbonyl (C=O) groups is 2. The van der Waals surface area contributed by atoms with Gasteiger partial charge in [0.2, 0.25) is 5.91 Å². The van der Waals surface area contributed by atoms with Gasteiger partial charge in [0.1, 0.15) is 5.82 Å². The Hall–Kier alpha value is -2.93. The van der Waals surface area contributed by atoms with Gasteiger partial charge in [-0.25, -0.2) is 4.98 Å². The zero-order chi connectivity index (χ0) is 17.6. The largest absolute Gasteiger partial charge is 0.378 e. The highest BCUT2D eigenvalue weighted by Crippen LogP contribution is 2.17. The summed E-state index contributed by atoms with van der Waals surface area (Å²) >= 11 is 0. The summed E-state index contributed by atoms with van der Waals surface area (Å²) in [6.45, 7) is 4.52. The van der Waals surface area contributed by atoms with E-state index in [1.165, 1.54) is 6.92 Å². The molecule has 25 heavy (non-hydrogen) atoms. The Kier molecular flexibility index (Phi) is 5.25. The van der Waals surface area contributed by atoms with Gasteiger partial charge in [0.05, 0.1) is 25.1 Å². The van der Waals surface area contributed by atoms with Crippen molar-refractivity contribution in [2.45, 2.75) is 6.92 Å². The topological polar surface area (TPSA) is 83.6 Å². The summed E-state index contributed by atoms with van der Waals surface area (Å²) in [5, 5.41) is 5.42. The first-order chi connectivity index (χ1) is 12.1. The molecule has 0 aliphatic carbocycles. The van der Waals surface area contributed by atoms with Crippen molar-refractivity contribution in [3.63, 3.8) is 0 Å². The molecule has 1 aromatic carbocycles. The highest BCUT2D eigenvalue weighted by atomic mass is 16.5. The van der Waals surface area contributed by atoms with Gasteiger partial charge < -0.3 is 20.3 Å². The van der Waals surface area contributed by atoms with E-state index in [9.17, 15) is 9.59 Å². The molecule has 1 fully saturated rings. The number of pyridine rings is 1. The fourth-order valence-electron chi connectivity index (χ4n) is 2.60. The Labute approximate surface area is 146 Å². The number of benzene rings is 1. The van der Waals surface area contributed by atoms with E-state index in [4.69, 9.17) is 4.74 Å². The second-order valence-corrected chi connectivity index (χ2v) is 5.72. The Morgan fingerprint density at radius 1 is 1.12 bits per heavy atom. The van der Waals surface area contributed by atoms with Gasteiger partial charge in [-0.3, -0.25) is 9.59 Å². The molecule has 3 rings (SSSR count). The molecule has 0 radical (unpaired) electrons. The molecule has 1 aromatic heterocycles. The zero-order valence-corrected chi connectivity index (χ0v) is 14.0. The lowest BCUT2D eigenvalue weighted by molar-refractivity contribution is -0.114. The minimum Gasteiger partial charge on any atom is -0.378 e. The van der Waals surface area contributed by atoms with Gasteiger partial charge in [-0.05, 0) is 30.3 Å². The number of nitrogens with one attached hydrogen (secondary N) is 2. The molecule has 2 heterocycles. The van der Waals surface area contributed by atoms with Crippen LogP contribution in [0.1, 0.15) is 17.3 Å². The van der Waals surface area contributed by atoms with Crippen molar-refractivity contribution >= 4 is 29.0 Å². The van der Waals surface area contributed by atoms with Gasteiger partial charge in [-0.15, -0.1) is 0 Å². The molecule has 7 heteroatoms. The molecule has 7 nitrogen and oxygen atoms in total. The minimum absolute atomic E-state index is 0.182. The molecule has 0 bridgehead atoms. The van der Waals surface area contributed by atoms with Crippen molar-refractivity contribution in [2.24, 2.45) is 0 Å². The van der Waals surface area contributed by atoms with E-state index in [0.717, 1.165) is 18.8 Å². The van der Waals surface area contributed by atoms with E-state index in [1.807, 2.05) is 6.07 Å². The van der Waals surface area contributed by atoms with Gasteiger partial charge in [-0.1, -0.05) is 6.07 Å². The van der Waals surface area contributed by atoms with E-state index >= 15 is 0 Å². The van der Waals surface area contributed by atoms with Gasteiger partial charge in [-0.2, -0.15) is 0 Å². The number of anilines is 3. The Balaban J connectivity index is 1.65. The number of hydrogen-bond acceptors (Lipinski definition) is 5. The summed E-state index contributed by atoms with van der Waals surface area (Å²) < 4.78 is 5.33. The molecule has 130 valence electrons. The summed E-state index contributed by atoms with van der Waals surface area (Å²) in [7, 11) is 0. The lowest BCUT2D eigenvalue weighted by Crippen LogP contribution is -2.36. The Bertz CT molecular complexity index is 755. The minimum atomic E-state index is -0.279. The summed E-state index contributed by atoms with van der Waals surface area (Å²) in [6.07, 6.45) is 1.74. The van der Waals surface area contributed by atoms with E-state index < -0.39 is 0 Å². The fourth-order valence-corrected chi connectivity index (χ4v) is 2.60. The van der Waals surface area contributed by atoms with Crippen LogP contribution in [0.2, 0.25) is 0 Å². The van der Waals surface area contributed by atoms with Crippen molar-refractivity contribution in [1.29, 1.82) is 0 Å². The molecule has 0 saturated carbocycles. The SMILES string of the molecule is CC(=O)Nc1cccc(C(=O)Nc2ccc(N3CCOCC3)cn2)c1. The average Bonchev–Trinajstić information content (AvgIpc) is 2.63. The third-order valence-electron chi connectivity index (χ3n) is 3.81. The average molecular weight is 340 g/mol. The van der Waals surface area contributed by atoms with Gasteiger partial charge in [0, 0.05) is 31.3 Å².